The van der Waals surface area contributed by atoms with Crippen LogP contribution < -0.4 is 0 Å². The van der Waals surface area contributed by atoms with Gasteiger partial charge < -0.3 is 5.11 Å². The minimum Gasteiger partial charge on any atom is -0.392 e. The Morgan fingerprint density at radius 3 is 2.25 bits per heavy atom. The van der Waals surface area contributed by atoms with E-state index in [2.05, 4.69) is 40.2 Å². The van der Waals surface area contributed by atoms with E-state index in [9.17, 15) is 5.11 Å². The predicted octanol–water partition coefficient (Wildman–Crippen LogP) is 3.74. The van der Waals surface area contributed by atoms with E-state index in [1.807, 2.05) is 24.3 Å². The van der Waals surface area contributed by atoms with Gasteiger partial charge in [0.2, 0.25) is 0 Å². The summed E-state index contributed by atoms with van der Waals surface area (Å²) in [6.45, 7) is 0.0797. The van der Waals surface area contributed by atoms with Crippen molar-refractivity contribution in [2.45, 2.75) is 11.9 Å². The van der Waals surface area contributed by atoms with Crippen LogP contribution in [0.3, 0.4) is 0 Å². The molecule has 0 aromatic heterocycles. The van der Waals surface area contributed by atoms with E-state index < -0.39 is 0 Å². The molecule has 1 nitrogen and oxygen atoms in total. The zero-order valence-electron chi connectivity index (χ0n) is 8.86. The highest BCUT2D eigenvalue weighted by molar-refractivity contribution is 9.08. The molecule has 0 aliphatic heterocycles. The molecule has 0 atom stereocenters. The molecule has 2 heteroatoms. The van der Waals surface area contributed by atoms with Crippen molar-refractivity contribution in [3.63, 3.8) is 0 Å². The van der Waals surface area contributed by atoms with Crippen molar-refractivity contribution in [3.05, 3.63) is 59.7 Å². The smallest absolute Gasteiger partial charge is 0.0687 e. The first-order chi connectivity index (χ1) is 7.85. The van der Waals surface area contributed by atoms with E-state index in [4.69, 9.17) is 0 Å². The van der Waals surface area contributed by atoms with Gasteiger partial charge in [-0.25, -0.2) is 0 Å². The molecule has 0 aliphatic rings. The molecular formula is C14H13BrO. The van der Waals surface area contributed by atoms with Crippen LogP contribution in [0, 0.1) is 0 Å². The lowest BCUT2D eigenvalue weighted by atomic mass is 9.99. The number of hydrogen-bond acceptors (Lipinski definition) is 1. The second-order valence-corrected chi connectivity index (χ2v) is 4.21. The lowest BCUT2D eigenvalue weighted by Gasteiger charge is -2.07. The molecule has 0 spiro atoms. The Kier molecular flexibility index (Phi) is 3.75. The first-order valence-electron chi connectivity index (χ1n) is 5.19. The van der Waals surface area contributed by atoms with Gasteiger partial charge in [0, 0.05) is 5.33 Å². The summed E-state index contributed by atoms with van der Waals surface area (Å²) in [5, 5.41) is 10.1. The molecule has 1 N–H and O–H groups in total. The van der Waals surface area contributed by atoms with Crippen molar-refractivity contribution in [2.24, 2.45) is 0 Å². The Morgan fingerprint density at radius 1 is 0.938 bits per heavy atom. The average Bonchev–Trinajstić information content (AvgIpc) is 2.39. The summed E-state index contributed by atoms with van der Waals surface area (Å²) in [4.78, 5) is 0. The predicted molar refractivity (Wildman–Crippen MR) is 70.4 cm³/mol. The van der Waals surface area contributed by atoms with E-state index in [1.165, 1.54) is 5.56 Å². The third-order valence-electron chi connectivity index (χ3n) is 2.61. The van der Waals surface area contributed by atoms with Crippen LogP contribution in [0.15, 0.2) is 48.5 Å². The standard InChI is InChI=1S/C14H13BrO/c15-9-11-5-7-12(8-6-11)14-4-2-1-3-13(14)10-16/h1-8,16H,9-10H2. The highest BCUT2D eigenvalue weighted by Gasteiger charge is 2.02. The summed E-state index contributed by atoms with van der Waals surface area (Å²) in [6, 6.07) is 16.3. The van der Waals surface area contributed by atoms with Gasteiger partial charge in [0.15, 0.2) is 0 Å². The Bertz CT molecular complexity index is 462. The molecule has 0 bridgehead atoms. The van der Waals surface area contributed by atoms with E-state index in [0.29, 0.717) is 0 Å². The molecule has 0 saturated carbocycles. The molecule has 0 radical (unpaired) electrons. The summed E-state index contributed by atoms with van der Waals surface area (Å²) >= 11 is 3.43. The van der Waals surface area contributed by atoms with Gasteiger partial charge in [0.05, 0.1) is 6.61 Å². The number of alkyl halides is 1. The average molecular weight is 277 g/mol. The van der Waals surface area contributed by atoms with Crippen LogP contribution in [0.4, 0.5) is 0 Å². The van der Waals surface area contributed by atoms with Crippen molar-refractivity contribution in [3.8, 4) is 11.1 Å². The van der Waals surface area contributed by atoms with E-state index >= 15 is 0 Å². The van der Waals surface area contributed by atoms with Crippen LogP contribution in [-0.2, 0) is 11.9 Å². The minimum absolute atomic E-state index is 0.0797. The van der Waals surface area contributed by atoms with Gasteiger partial charge in [0.1, 0.15) is 0 Å². The van der Waals surface area contributed by atoms with Crippen LogP contribution >= 0.6 is 15.9 Å². The molecule has 2 aromatic carbocycles. The molecule has 82 valence electrons. The molecule has 0 amide bonds. The van der Waals surface area contributed by atoms with Crippen LogP contribution in [0.2, 0.25) is 0 Å². The quantitative estimate of drug-likeness (QED) is 0.847. The fourth-order valence-corrected chi connectivity index (χ4v) is 2.09. The second-order valence-electron chi connectivity index (χ2n) is 3.65. The van der Waals surface area contributed by atoms with Gasteiger partial charge in [-0.05, 0) is 22.3 Å². The Labute approximate surface area is 104 Å². The topological polar surface area (TPSA) is 20.2 Å². The molecule has 0 fully saturated rings. The third-order valence-corrected chi connectivity index (χ3v) is 3.25. The van der Waals surface area contributed by atoms with E-state index in [1.54, 1.807) is 0 Å². The van der Waals surface area contributed by atoms with Gasteiger partial charge in [-0.15, -0.1) is 0 Å². The van der Waals surface area contributed by atoms with Crippen LogP contribution in [0.1, 0.15) is 11.1 Å². The highest BCUT2D eigenvalue weighted by Crippen LogP contribution is 2.24. The molecule has 0 heterocycles. The number of benzene rings is 2. The fourth-order valence-electron chi connectivity index (χ4n) is 1.71. The zero-order chi connectivity index (χ0) is 11.4. The molecular weight excluding hydrogens is 264 g/mol. The molecule has 0 unspecified atom stereocenters. The first-order valence-corrected chi connectivity index (χ1v) is 6.31. The first kappa shape index (κ1) is 11.4. The lowest BCUT2D eigenvalue weighted by molar-refractivity contribution is 0.282. The molecule has 2 aromatic rings. The monoisotopic (exact) mass is 276 g/mol. The van der Waals surface area contributed by atoms with Gasteiger partial charge in [0.25, 0.3) is 0 Å². The van der Waals surface area contributed by atoms with Crippen LogP contribution in [0.25, 0.3) is 11.1 Å². The summed E-state index contributed by atoms with van der Waals surface area (Å²) in [7, 11) is 0. The van der Waals surface area contributed by atoms with Crippen LogP contribution in [0.5, 0.6) is 0 Å². The van der Waals surface area contributed by atoms with Crippen molar-refractivity contribution in [1.29, 1.82) is 0 Å². The van der Waals surface area contributed by atoms with E-state index in [0.717, 1.165) is 22.0 Å². The SMILES string of the molecule is OCc1ccccc1-c1ccc(CBr)cc1. The number of rotatable bonds is 3. The molecule has 0 saturated heterocycles. The maximum Gasteiger partial charge on any atom is 0.0687 e. The molecule has 16 heavy (non-hydrogen) atoms. The number of aliphatic hydroxyl groups is 1. The maximum absolute atomic E-state index is 9.27. The van der Waals surface area contributed by atoms with Gasteiger partial charge >= 0.3 is 0 Å². The second kappa shape index (κ2) is 5.28. The van der Waals surface area contributed by atoms with Crippen molar-refractivity contribution in [1.82, 2.24) is 0 Å². The lowest BCUT2D eigenvalue weighted by Crippen LogP contribution is -1.88. The largest absolute Gasteiger partial charge is 0.392 e. The summed E-state index contributed by atoms with van der Waals surface area (Å²) in [5.41, 5.74) is 4.47. The third kappa shape index (κ3) is 2.34. The van der Waals surface area contributed by atoms with Crippen molar-refractivity contribution < 1.29 is 5.11 Å². The summed E-state index contributed by atoms with van der Waals surface area (Å²) < 4.78 is 0. The number of halogens is 1. The number of aliphatic hydroxyl groups excluding tert-OH is 1. The van der Waals surface area contributed by atoms with Crippen LogP contribution in [-0.4, -0.2) is 5.11 Å². The zero-order valence-corrected chi connectivity index (χ0v) is 10.4. The maximum atomic E-state index is 9.27. The van der Waals surface area contributed by atoms with Crippen molar-refractivity contribution in [2.75, 3.05) is 0 Å². The van der Waals surface area contributed by atoms with Gasteiger partial charge in [-0.3, -0.25) is 0 Å². The van der Waals surface area contributed by atoms with E-state index in [-0.39, 0.29) is 6.61 Å². The minimum atomic E-state index is 0.0797. The summed E-state index contributed by atoms with van der Waals surface area (Å²) in [5.74, 6) is 0. The molecule has 0 aliphatic carbocycles. The Balaban J connectivity index is 2.42. The van der Waals surface area contributed by atoms with Gasteiger partial charge in [-0.2, -0.15) is 0 Å². The summed E-state index contributed by atoms with van der Waals surface area (Å²) in [6.07, 6.45) is 0. The Hall–Kier alpha value is -1.12. The number of hydrogen-bond donors (Lipinski definition) is 1. The fraction of sp³-hybridized carbons (Fsp3) is 0.143. The molecule has 2 rings (SSSR count). The Morgan fingerprint density at radius 2 is 1.62 bits per heavy atom. The van der Waals surface area contributed by atoms with Crippen molar-refractivity contribution >= 4 is 15.9 Å². The normalized spacial score (nSPS) is 10.4. The highest BCUT2D eigenvalue weighted by atomic mass is 79.9. The van der Waals surface area contributed by atoms with Gasteiger partial charge in [-0.1, -0.05) is 64.5 Å².